The molecule has 2 aliphatic heterocycles. The molecule has 192 valence electrons. The lowest BCUT2D eigenvalue weighted by Gasteiger charge is -2.34. The van der Waals surface area contributed by atoms with Gasteiger partial charge in [0, 0.05) is 39.0 Å². The van der Waals surface area contributed by atoms with Crippen LogP contribution >= 0.6 is 12.4 Å². The number of hydrogen-bond donors (Lipinski definition) is 3. The van der Waals surface area contributed by atoms with Gasteiger partial charge in [-0.2, -0.15) is 4.52 Å². The highest BCUT2D eigenvalue weighted by Gasteiger charge is 2.34. The fourth-order valence-corrected chi connectivity index (χ4v) is 4.81. The number of anilines is 1. The molecule has 0 spiro atoms. The van der Waals surface area contributed by atoms with Gasteiger partial charge in [0.2, 0.25) is 5.88 Å². The molecule has 3 aliphatic rings. The van der Waals surface area contributed by atoms with Crippen LogP contribution in [-0.2, 0) is 16.0 Å². The number of allylic oxidation sites excluding steroid dienone is 1. The molecule has 11 heteroatoms. The van der Waals surface area contributed by atoms with Crippen molar-refractivity contribution in [2.75, 3.05) is 32.2 Å². The van der Waals surface area contributed by atoms with Crippen molar-refractivity contribution in [1.29, 1.82) is 0 Å². The molecule has 4 N–H and O–H groups in total. The molecule has 1 saturated carbocycles. The Morgan fingerprint density at radius 3 is 2.51 bits per heavy atom. The van der Waals surface area contributed by atoms with Gasteiger partial charge in [-0.05, 0) is 49.9 Å². The highest BCUT2D eigenvalue weighted by Crippen LogP contribution is 2.34. The second-order valence-corrected chi connectivity index (χ2v) is 10.1. The molecule has 1 amide bonds. The van der Waals surface area contributed by atoms with Gasteiger partial charge in [0.25, 0.3) is 11.5 Å². The summed E-state index contributed by atoms with van der Waals surface area (Å²) in [6.07, 6.45) is 9.10. The number of carbonyl (C=O) groups is 1. The molecule has 10 nitrogen and oxygen atoms in total. The molecule has 4 heterocycles. The lowest BCUT2D eigenvalue weighted by molar-refractivity contribution is 0.0154. The van der Waals surface area contributed by atoms with E-state index in [1.54, 1.807) is 4.57 Å². The Labute approximate surface area is 209 Å². The molecule has 5 rings (SSSR count). The topological polar surface area (TPSA) is 133 Å². The largest absolute Gasteiger partial charge is 0.492 e. The first-order valence-corrected chi connectivity index (χ1v) is 12.1. The summed E-state index contributed by atoms with van der Waals surface area (Å²) in [4.78, 5) is 26.6. The normalized spacial score (nSPS) is 20.7. The van der Waals surface area contributed by atoms with Gasteiger partial charge in [0.05, 0.1) is 5.56 Å². The molecule has 35 heavy (non-hydrogen) atoms. The molecule has 0 aromatic carbocycles. The summed E-state index contributed by atoms with van der Waals surface area (Å²) < 4.78 is 13.8. The van der Waals surface area contributed by atoms with Crippen molar-refractivity contribution >= 4 is 35.9 Å². The molecule has 2 aromatic heterocycles. The second-order valence-electron chi connectivity index (χ2n) is 10.1. The van der Waals surface area contributed by atoms with E-state index in [2.05, 4.69) is 23.4 Å². The summed E-state index contributed by atoms with van der Waals surface area (Å²) in [6, 6.07) is 0.0455. The van der Waals surface area contributed by atoms with E-state index in [9.17, 15) is 14.7 Å². The molecule has 0 unspecified atom stereocenters. The third kappa shape index (κ3) is 5.19. The summed E-state index contributed by atoms with van der Waals surface area (Å²) in [5, 5.41) is 18.1. The number of nitrogens with zero attached hydrogens (tertiary/aromatic N) is 3. The maximum absolute atomic E-state index is 13.7. The van der Waals surface area contributed by atoms with Gasteiger partial charge in [-0.1, -0.05) is 19.1 Å². The molecule has 0 bridgehead atoms. The number of carbonyl (C=O) groups excluding carboxylic acids is 1. The number of aromatic hydroxyl groups is 1. The summed E-state index contributed by atoms with van der Waals surface area (Å²) in [5.41, 5.74) is 6.23. The maximum atomic E-state index is 13.7. The van der Waals surface area contributed by atoms with E-state index >= 15 is 0 Å². The van der Waals surface area contributed by atoms with E-state index in [0.717, 1.165) is 38.5 Å². The summed E-state index contributed by atoms with van der Waals surface area (Å²) in [7, 11) is 0. The minimum absolute atomic E-state index is 0. The minimum Gasteiger partial charge on any atom is -0.492 e. The molecule has 2 aromatic rings. The van der Waals surface area contributed by atoms with Crippen LogP contribution in [-0.4, -0.2) is 57.7 Å². The highest BCUT2D eigenvalue weighted by atomic mass is 35.5. The Hall–Kier alpha value is -2.56. The van der Waals surface area contributed by atoms with E-state index in [1.807, 2.05) is 6.08 Å². The van der Waals surface area contributed by atoms with Crippen LogP contribution in [0.1, 0.15) is 61.4 Å². The molecular weight excluding hydrogens is 474 g/mol. The third-order valence-electron chi connectivity index (χ3n) is 7.24. The van der Waals surface area contributed by atoms with Crippen molar-refractivity contribution < 1.29 is 19.4 Å². The first-order chi connectivity index (χ1) is 16.4. The number of rotatable bonds is 6. The molecular formula is C24H34ClN5O5. The average Bonchev–Trinajstić information content (AvgIpc) is 3.57. The van der Waals surface area contributed by atoms with Gasteiger partial charge in [-0.15, -0.1) is 17.5 Å². The van der Waals surface area contributed by atoms with Crippen molar-refractivity contribution in [3.8, 4) is 5.88 Å². The van der Waals surface area contributed by atoms with E-state index < -0.39 is 17.3 Å². The highest BCUT2D eigenvalue weighted by molar-refractivity contribution is 5.97. The number of amides is 1. The molecule has 0 radical (unpaired) electrons. The van der Waals surface area contributed by atoms with Crippen molar-refractivity contribution in [2.45, 2.75) is 58.0 Å². The fourth-order valence-electron chi connectivity index (χ4n) is 4.81. The van der Waals surface area contributed by atoms with Crippen LogP contribution < -0.4 is 16.6 Å². The fraction of sp³-hybridized carbons (Fsp3) is 0.625. The van der Waals surface area contributed by atoms with Gasteiger partial charge >= 0.3 is 0 Å². The summed E-state index contributed by atoms with van der Waals surface area (Å²) >= 11 is 0. The number of nitrogens with one attached hydrogen (secondary N) is 1. The van der Waals surface area contributed by atoms with Crippen molar-refractivity contribution in [2.24, 2.45) is 11.3 Å². The number of hydrogen-bond acceptors (Lipinski definition) is 7. The Kier molecular flexibility index (Phi) is 7.44. The van der Waals surface area contributed by atoms with Crippen molar-refractivity contribution in [3.05, 3.63) is 27.6 Å². The standard InChI is InChI=1S/C24H33N5O5.ClH/c1-24(8-12-34-13-9-24)14-28-21-17(5-2-15-6-10-33-11-7-15)19(25)27-29(21)23(32)18(22(28)31)20(30)26-16-3-4-16;/h2,5,15-16,32H,3-4,6-14H2,1H3,(H2,25,27)(H,26,30);1H/b5-2+;. The number of halogens is 1. The van der Waals surface area contributed by atoms with E-state index in [0.29, 0.717) is 50.1 Å². The number of aromatic nitrogens is 3. The first-order valence-electron chi connectivity index (χ1n) is 12.1. The SMILES string of the molecule is CC1(Cn2c(=O)c(C(=O)NC3CC3)c(O)n3nc(N)c(/C=C/C4CCOCC4)c23)CCOCC1.Cl. The predicted octanol–water partition coefficient (Wildman–Crippen LogP) is 2.35. The van der Waals surface area contributed by atoms with E-state index in [1.165, 1.54) is 4.52 Å². The number of nitrogens with two attached hydrogens (primary N) is 1. The van der Waals surface area contributed by atoms with Gasteiger partial charge in [0.15, 0.2) is 17.0 Å². The van der Waals surface area contributed by atoms with Crippen LogP contribution in [0.5, 0.6) is 5.88 Å². The van der Waals surface area contributed by atoms with Crippen LogP contribution in [0.3, 0.4) is 0 Å². The third-order valence-corrected chi connectivity index (χ3v) is 7.24. The lowest BCUT2D eigenvalue weighted by atomic mass is 9.82. The van der Waals surface area contributed by atoms with E-state index in [-0.39, 0.29) is 35.2 Å². The number of nitrogen functional groups attached to an aromatic ring is 1. The van der Waals surface area contributed by atoms with Crippen LogP contribution in [0.15, 0.2) is 10.9 Å². The monoisotopic (exact) mass is 507 g/mol. The number of ether oxygens (including phenoxy) is 2. The van der Waals surface area contributed by atoms with Gasteiger partial charge in [-0.25, -0.2) is 0 Å². The lowest BCUT2D eigenvalue weighted by Crippen LogP contribution is -2.39. The van der Waals surface area contributed by atoms with Gasteiger partial charge in [-0.3, -0.25) is 14.2 Å². The zero-order valence-electron chi connectivity index (χ0n) is 20.0. The predicted molar refractivity (Wildman–Crippen MR) is 134 cm³/mol. The second kappa shape index (κ2) is 10.2. The van der Waals surface area contributed by atoms with Crippen LogP contribution in [0.4, 0.5) is 5.82 Å². The zero-order chi connectivity index (χ0) is 23.9. The van der Waals surface area contributed by atoms with Crippen LogP contribution in [0, 0.1) is 11.3 Å². The maximum Gasteiger partial charge on any atom is 0.270 e. The first kappa shape index (κ1) is 25.5. The summed E-state index contributed by atoms with van der Waals surface area (Å²) in [5.74, 6) is -0.521. The Balaban J connectivity index is 0.00000289. The quantitative estimate of drug-likeness (QED) is 0.546. The van der Waals surface area contributed by atoms with Crippen LogP contribution in [0.2, 0.25) is 0 Å². The molecule has 3 fully saturated rings. The number of fused-ring (bicyclic) bond motifs is 1. The van der Waals surface area contributed by atoms with Crippen molar-refractivity contribution in [1.82, 2.24) is 19.5 Å². The van der Waals surface area contributed by atoms with E-state index in [4.69, 9.17) is 15.2 Å². The zero-order valence-corrected chi connectivity index (χ0v) is 20.8. The molecule has 0 atom stereocenters. The average molecular weight is 508 g/mol. The van der Waals surface area contributed by atoms with Gasteiger partial charge < -0.3 is 25.6 Å². The minimum atomic E-state index is -0.578. The Morgan fingerprint density at radius 2 is 1.86 bits per heavy atom. The summed E-state index contributed by atoms with van der Waals surface area (Å²) in [6.45, 7) is 5.15. The Bertz CT molecular complexity index is 1170. The van der Waals surface area contributed by atoms with Crippen molar-refractivity contribution in [3.63, 3.8) is 0 Å². The molecule has 2 saturated heterocycles. The van der Waals surface area contributed by atoms with Gasteiger partial charge in [0.1, 0.15) is 0 Å². The molecule has 1 aliphatic carbocycles. The smallest absolute Gasteiger partial charge is 0.270 e. The van der Waals surface area contributed by atoms with Crippen LogP contribution in [0.25, 0.3) is 11.7 Å². The Morgan fingerprint density at radius 1 is 1.20 bits per heavy atom.